The molecule has 1 saturated heterocycles. The summed E-state index contributed by atoms with van der Waals surface area (Å²) in [5.74, 6) is 0. The summed E-state index contributed by atoms with van der Waals surface area (Å²) in [6, 6.07) is 4.32. The van der Waals surface area contributed by atoms with Crippen LogP contribution in [-0.4, -0.2) is 62.4 Å². The standard InChI is InChI=1S/C24H37BN4O4/c1-16-18(25-32-23(2,3)24(4,5)33-25)12-13-19(27-16)21-20(28(6)15-26-21)14-31-22(30)29(7)17-10-8-9-11-17/h12-13,15,17,22,30H,8-11,14H2,1-7H3. The Labute approximate surface area is 197 Å². The van der Waals surface area contributed by atoms with Crippen molar-refractivity contribution in [3.8, 4) is 11.4 Å². The highest BCUT2D eigenvalue weighted by Crippen LogP contribution is 2.36. The molecule has 1 N–H and O–H groups in total. The number of nitrogens with zero attached hydrogens (tertiary/aromatic N) is 4. The molecule has 3 heterocycles. The van der Waals surface area contributed by atoms with Crippen molar-refractivity contribution in [1.29, 1.82) is 0 Å². The van der Waals surface area contributed by atoms with Crippen molar-refractivity contribution in [2.45, 2.75) is 90.6 Å². The minimum Gasteiger partial charge on any atom is -0.399 e. The fraction of sp³-hybridized carbons (Fsp3) is 0.667. The number of hydrogen-bond donors (Lipinski definition) is 1. The van der Waals surface area contributed by atoms with E-state index in [0.717, 1.165) is 41.1 Å². The number of hydrogen-bond acceptors (Lipinski definition) is 7. The molecule has 0 spiro atoms. The Morgan fingerprint density at radius 2 is 1.85 bits per heavy atom. The van der Waals surface area contributed by atoms with Crippen LogP contribution in [0.5, 0.6) is 0 Å². The van der Waals surface area contributed by atoms with Crippen molar-refractivity contribution >= 4 is 12.6 Å². The number of aryl methyl sites for hydroxylation is 2. The van der Waals surface area contributed by atoms with Gasteiger partial charge in [0.2, 0.25) is 6.41 Å². The van der Waals surface area contributed by atoms with E-state index in [-0.39, 0.29) is 6.61 Å². The van der Waals surface area contributed by atoms with Gasteiger partial charge in [-0.3, -0.25) is 9.88 Å². The van der Waals surface area contributed by atoms with E-state index in [4.69, 9.17) is 19.0 Å². The van der Waals surface area contributed by atoms with Crippen molar-refractivity contribution in [2.75, 3.05) is 7.05 Å². The van der Waals surface area contributed by atoms with Gasteiger partial charge in [-0.25, -0.2) is 4.98 Å². The number of pyridine rings is 1. The topological polar surface area (TPSA) is 81.9 Å². The molecular formula is C24H37BN4O4. The summed E-state index contributed by atoms with van der Waals surface area (Å²) in [6.45, 7) is 10.4. The van der Waals surface area contributed by atoms with Gasteiger partial charge >= 0.3 is 7.12 Å². The van der Waals surface area contributed by atoms with E-state index in [1.807, 2.05) is 70.3 Å². The molecule has 2 aliphatic rings. The van der Waals surface area contributed by atoms with E-state index in [2.05, 4.69) is 4.98 Å². The van der Waals surface area contributed by atoms with Crippen molar-refractivity contribution in [3.05, 3.63) is 29.8 Å². The van der Waals surface area contributed by atoms with Gasteiger partial charge in [-0.05, 0) is 60.6 Å². The molecule has 33 heavy (non-hydrogen) atoms. The van der Waals surface area contributed by atoms with Gasteiger partial charge in [0.15, 0.2) is 0 Å². The highest BCUT2D eigenvalue weighted by molar-refractivity contribution is 6.62. The maximum Gasteiger partial charge on any atom is 0.496 e. The molecule has 2 aromatic rings. The van der Waals surface area contributed by atoms with Gasteiger partial charge < -0.3 is 23.7 Å². The third-order valence-electron chi connectivity index (χ3n) is 7.55. The van der Waals surface area contributed by atoms with Crippen LogP contribution in [0.15, 0.2) is 18.5 Å². The van der Waals surface area contributed by atoms with Crippen LogP contribution in [0.1, 0.15) is 64.8 Å². The predicted molar refractivity (Wildman–Crippen MR) is 128 cm³/mol. The largest absolute Gasteiger partial charge is 0.496 e. The molecule has 1 aliphatic heterocycles. The lowest BCUT2D eigenvalue weighted by molar-refractivity contribution is -0.203. The summed E-state index contributed by atoms with van der Waals surface area (Å²) in [4.78, 5) is 11.3. The highest BCUT2D eigenvalue weighted by atomic mass is 16.7. The minimum absolute atomic E-state index is 0.240. The Bertz CT molecular complexity index is 971. The highest BCUT2D eigenvalue weighted by Gasteiger charge is 2.52. The van der Waals surface area contributed by atoms with Crippen LogP contribution in [0, 0.1) is 6.92 Å². The molecule has 1 aliphatic carbocycles. The first-order valence-electron chi connectivity index (χ1n) is 11.9. The maximum absolute atomic E-state index is 10.5. The van der Waals surface area contributed by atoms with E-state index in [1.54, 1.807) is 6.33 Å². The van der Waals surface area contributed by atoms with Crippen molar-refractivity contribution in [3.63, 3.8) is 0 Å². The summed E-state index contributed by atoms with van der Waals surface area (Å²) >= 11 is 0. The number of aliphatic hydroxyl groups excluding tert-OH is 1. The molecule has 4 rings (SSSR count). The third kappa shape index (κ3) is 4.75. The quantitative estimate of drug-likeness (QED) is 0.507. The average molecular weight is 456 g/mol. The summed E-state index contributed by atoms with van der Waals surface area (Å²) < 4.78 is 20.1. The molecule has 1 saturated carbocycles. The fourth-order valence-electron chi connectivity index (χ4n) is 4.53. The van der Waals surface area contributed by atoms with Crippen LogP contribution < -0.4 is 5.46 Å². The summed E-state index contributed by atoms with van der Waals surface area (Å²) in [6.07, 6.45) is 5.43. The van der Waals surface area contributed by atoms with Gasteiger partial charge in [-0.15, -0.1) is 0 Å². The lowest BCUT2D eigenvalue weighted by Gasteiger charge is -2.32. The molecule has 8 nitrogen and oxygen atoms in total. The minimum atomic E-state index is -0.948. The average Bonchev–Trinajstić information content (AvgIpc) is 3.44. The maximum atomic E-state index is 10.5. The van der Waals surface area contributed by atoms with Gasteiger partial charge in [0, 0.05) is 24.2 Å². The number of rotatable bonds is 7. The second-order valence-corrected chi connectivity index (χ2v) is 10.4. The zero-order chi connectivity index (χ0) is 24.0. The van der Waals surface area contributed by atoms with Crippen LogP contribution in [0.3, 0.4) is 0 Å². The van der Waals surface area contributed by atoms with Crippen LogP contribution in [0.2, 0.25) is 0 Å². The number of aromatic nitrogens is 3. The van der Waals surface area contributed by atoms with E-state index in [9.17, 15) is 5.11 Å². The molecule has 1 atom stereocenters. The van der Waals surface area contributed by atoms with E-state index >= 15 is 0 Å². The Balaban J connectivity index is 1.49. The van der Waals surface area contributed by atoms with Crippen molar-refractivity contribution < 1.29 is 19.2 Å². The normalized spacial score (nSPS) is 21.3. The Morgan fingerprint density at radius 1 is 1.21 bits per heavy atom. The lowest BCUT2D eigenvalue weighted by Crippen LogP contribution is -2.41. The van der Waals surface area contributed by atoms with Gasteiger partial charge in [0.05, 0.1) is 35.5 Å². The van der Waals surface area contributed by atoms with Crippen LogP contribution in [-0.2, 0) is 27.7 Å². The van der Waals surface area contributed by atoms with Crippen LogP contribution in [0.25, 0.3) is 11.4 Å². The van der Waals surface area contributed by atoms with E-state index in [1.165, 1.54) is 12.8 Å². The van der Waals surface area contributed by atoms with Crippen LogP contribution >= 0.6 is 0 Å². The summed E-state index contributed by atoms with van der Waals surface area (Å²) in [5.41, 5.74) is 3.32. The van der Waals surface area contributed by atoms with Gasteiger partial charge in [-0.1, -0.05) is 18.9 Å². The van der Waals surface area contributed by atoms with Crippen molar-refractivity contribution in [2.24, 2.45) is 7.05 Å². The molecule has 2 aromatic heterocycles. The first kappa shape index (κ1) is 24.4. The Hall–Kier alpha value is -1.78. The lowest BCUT2D eigenvalue weighted by atomic mass is 9.78. The van der Waals surface area contributed by atoms with Crippen molar-refractivity contribution in [1.82, 2.24) is 19.4 Å². The number of imidazole rings is 1. The SMILES string of the molecule is Cc1nc(-c2ncn(C)c2COC(O)N(C)C2CCCC2)ccc1B1OC(C)(C)C(C)(C)O1. The third-order valence-corrected chi connectivity index (χ3v) is 7.55. The number of aliphatic hydroxyl groups is 1. The number of ether oxygens (including phenoxy) is 1. The molecule has 0 aromatic carbocycles. The molecule has 0 bridgehead atoms. The zero-order valence-corrected chi connectivity index (χ0v) is 21.0. The molecule has 9 heteroatoms. The van der Waals surface area contributed by atoms with Gasteiger partial charge in [0.1, 0.15) is 5.69 Å². The van der Waals surface area contributed by atoms with E-state index < -0.39 is 24.7 Å². The molecular weight excluding hydrogens is 419 g/mol. The van der Waals surface area contributed by atoms with E-state index in [0.29, 0.717) is 6.04 Å². The fourth-order valence-corrected chi connectivity index (χ4v) is 4.53. The van der Waals surface area contributed by atoms with Gasteiger partial charge in [0.25, 0.3) is 0 Å². The van der Waals surface area contributed by atoms with Crippen LogP contribution in [0.4, 0.5) is 0 Å². The second kappa shape index (κ2) is 9.11. The molecule has 0 radical (unpaired) electrons. The summed E-state index contributed by atoms with van der Waals surface area (Å²) in [5, 5.41) is 10.5. The molecule has 1 unspecified atom stereocenters. The molecule has 180 valence electrons. The molecule has 0 amide bonds. The van der Waals surface area contributed by atoms with Gasteiger partial charge in [-0.2, -0.15) is 0 Å². The Morgan fingerprint density at radius 3 is 2.45 bits per heavy atom. The zero-order valence-electron chi connectivity index (χ0n) is 21.0. The second-order valence-electron chi connectivity index (χ2n) is 10.4. The summed E-state index contributed by atoms with van der Waals surface area (Å²) in [7, 11) is 3.39. The Kier molecular flexibility index (Phi) is 6.72. The predicted octanol–water partition coefficient (Wildman–Crippen LogP) is 2.76. The monoisotopic (exact) mass is 456 g/mol. The first-order chi connectivity index (χ1) is 15.5. The first-order valence-corrected chi connectivity index (χ1v) is 11.9. The smallest absolute Gasteiger partial charge is 0.399 e. The molecule has 2 fully saturated rings.